The monoisotopic (exact) mass is 482 g/mol. The number of nitrogens with zero attached hydrogens (tertiary/aromatic N) is 1. The van der Waals surface area contributed by atoms with Crippen LogP contribution in [0.2, 0.25) is 15.1 Å². The standard InChI is InChI=1S/C23H25Cl3N2O3/c1-15(23(30)27-19-4-2-3-5-19)28(13-16-6-7-18(25)12-21(16)26)22(29)14-31-20-10-8-17(24)9-11-20/h6-12,15,19H,2-5,13-14H2,1H3,(H,27,30)/t15-/m0/s1. The van der Waals surface area contributed by atoms with Crippen LogP contribution in [0.15, 0.2) is 42.5 Å². The van der Waals surface area contributed by atoms with Gasteiger partial charge in [-0.05, 0) is 61.7 Å². The first-order chi connectivity index (χ1) is 14.8. The van der Waals surface area contributed by atoms with E-state index >= 15 is 0 Å². The number of carbonyl (C=O) groups is 2. The number of hydrogen-bond acceptors (Lipinski definition) is 3. The maximum Gasteiger partial charge on any atom is 0.261 e. The summed E-state index contributed by atoms with van der Waals surface area (Å²) in [5.74, 6) is 0.0113. The normalized spacial score (nSPS) is 14.8. The summed E-state index contributed by atoms with van der Waals surface area (Å²) in [4.78, 5) is 27.4. The molecule has 0 bridgehead atoms. The lowest BCUT2D eigenvalue weighted by Crippen LogP contribution is -2.50. The topological polar surface area (TPSA) is 58.6 Å². The first kappa shape index (κ1) is 23.7. The van der Waals surface area contributed by atoms with Crippen LogP contribution in [0.4, 0.5) is 0 Å². The number of benzene rings is 2. The van der Waals surface area contributed by atoms with Crippen LogP contribution < -0.4 is 10.1 Å². The van der Waals surface area contributed by atoms with Gasteiger partial charge >= 0.3 is 0 Å². The van der Waals surface area contributed by atoms with Crippen molar-refractivity contribution in [1.82, 2.24) is 10.2 Å². The predicted molar refractivity (Wildman–Crippen MR) is 124 cm³/mol. The van der Waals surface area contributed by atoms with Gasteiger partial charge in [-0.3, -0.25) is 9.59 Å². The quantitative estimate of drug-likeness (QED) is 0.539. The molecule has 2 aromatic carbocycles. The molecule has 0 saturated heterocycles. The predicted octanol–water partition coefficient (Wildman–Crippen LogP) is 5.50. The second kappa shape index (κ2) is 11.1. The second-order valence-electron chi connectivity index (χ2n) is 7.67. The smallest absolute Gasteiger partial charge is 0.261 e. The number of ether oxygens (including phenoxy) is 1. The zero-order valence-electron chi connectivity index (χ0n) is 17.2. The number of hydrogen-bond donors (Lipinski definition) is 1. The number of amides is 2. The summed E-state index contributed by atoms with van der Waals surface area (Å²) >= 11 is 18.2. The molecule has 1 aliphatic carbocycles. The van der Waals surface area contributed by atoms with Gasteiger partial charge in [0.1, 0.15) is 11.8 Å². The van der Waals surface area contributed by atoms with Gasteiger partial charge in [0.25, 0.3) is 5.91 Å². The maximum absolute atomic E-state index is 13.1. The Labute approximate surface area is 197 Å². The molecular weight excluding hydrogens is 459 g/mol. The van der Waals surface area contributed by atoms with Crippen LogP contribution in [0.5, 0.6) is 5.75 Å². The summed E-state index contributed by atoms with van der Waals surface area (Å²) < 4.78 is 5.62. The molecule has 1 N–H and O–H groups in total. The first-order valence-corrected chi connectivity index (χ1v) is 11.4. The van der Waals surface area contributed by atoms with Crippen molar-refractivity contribution in [3.8, 4) is 5.75 Å². The van der Waals surface area contributed by atoms with Gasteiger partial charge in [0.05, 0.1) is 0 Å². The maximum atomic E-state index is 13.1. The van der Waals surface area contributed by atoms with E-state index in [1.807, 2.05) is 0 Å². The van der Waals surface area contributed by atoms with Crippen molar-refractivity contribution in [2.24, 2.45) is 0 Å². The van der Waals surface area contributed by atoms with Gasteiger partial charge in [0.15, 0.2) is 6.61 Å². The molecule has 2 amide bonds. The van der Waals surface area contributed by atoms with E-state index in [2.05, 4.69) is 5.32 Å². The third-order valence-corrected chi connectivity index (χ3v) is 6.24. The number of nitrogens with one attached hydrogen (secondary N) is 1. The molecule has 3 rings (SSSR count). The van der Waals surface area contributed by atoms with E-state index in [0.717, 1.165) is 25.7 Å². The van der Waals surface area contributed by atoms with E-state index in [1.165, 1.54) is 4.90 Å². The van der Waals surface area contributed by atoms with Gasteiger partial charge in [0.2, 0.25) is 5.91 Å². The van der Waals surface area contributed by atoms with Crippen LogP contribution in [-0.4, -0.2) is 35.4 Å². The summed E-state index contributed by atoms with van der Waals surface area (Å²) in [6, 6.07) is 11.3. The SMILES string of the molecule is C[C@@H](C(=O)NC1CCCC1)N(Cc1ccc(Cl)cc1Cl)C(=O)COc1ccc(Cl)cc1. The third-order valence-electron chi connectivity index (χ3n) is 5.40. The average Bonchev–Trinajstić information content (AvgIpc) is 3.25. The summed E-state index contributed by atoms with van der Waals surface area (Å²) in [5.41, 5.74) is 0.700. The Hall–Kier alpha value is -1.95. The van der Waals surface area contributed by atoms with Gasteiger partial charge in [0, 0.05) is 27.7 Å². The minimum absolute atomic E-state index is 0.163. The fraction of sp³-hybridized carbons (Fsp3) is 0.391. The molecule has 2 aromatic rings. The Morgan fingerprint density at radius 3 is 2.35 bits per heavy atom. The lowest BCUT2D eigenvalue weighted by Gasteiger charge is -2.30. The molecule has 0 aliphatic heterocycles. The first-order valence-electron chi connectivity index (χ1n) is 10.3. The van der Waals surface area contributed by atoms with E-state index in [1.54, 1.807) is 49.4 Å². The van der Waals surface area contributed by atoms with Gasteiger partial charge in [-0.25, -0.2) is 0 Å². The van der Waals surface area contributed by atoms with E-state index in [0.29, 0.717) is 26.4 Å². The molecule has 0 radical (unpaired) electrons. The van der Waals surface area contributed by atoms with Crippen LogP contribution in [0.1, 0.15) is 38.2 Å². The van der Waals surface area contributed by atoms with Crippen molar-refractivity contribution >= 4 is 46.6 Å². The summed E-state index contributed by atoms with van der Waals surface area (Å²) in [5, 5.41) is 4.58. The molecule has 1 atom stereocenters. The minimum atomic E-state index is -0.686. The van der Waals surface area contributed by atoms with Crippen LogP contribution in [0.25, 0.3) is 0 Å². The fourth-order valence-electron chi connectivity index (χ4n) is 3.57. The highest BCUT2D eigenvalue weighted by Gasteiger charge is 2.29. The molecule has 5 nitrogen and oxygen atoms in total. The van der Waals surface area contributed by atoms with Gasteiger partial charge in [-0.15, -0.1) is 0 Å². The molecule has 0 unspecified atom stereocenters. The number of carbonyl (C=O) groups excluding carboxylic acids is 2. The Morgan fingerprint density at radius 1 is 1.06 bits per heavy atom. The summed E-state index contributed by atoms with van der Waals surface area (Å²) in [6.45, 7) is 1.67. The molecular formula is C23H25Cl3N2O3. The van der Waals surface area contributed by atoms with Crippen molar-refractivity contribution in [2.45, 2.75) is 51.2 Å². The molecule has 31 heavy (non-hydrogen) atoms. The fourth-order valence-corrected chi connectivity index (χ4v) is 4.16. The zero-order chi connectivity index (χ0) is 22.4. The highest BCUT2D eigenvalue weighted by atomic mass is 35.5. The van der Waals surface area contributed by atoms with Crippen LogP contribution >= 0.6 is 34.8 Å². The van der Waals surface area contributed by atoms with Crippen LogP contribution in [0.3, 0.4) is 0 Å². The van der Waals surface area contributed by atoms with E-state index in [-0.39, 0.29) is 31.0 Å². The average molecular weight is 484 g/mol. The molecule has 1 aliphatic rings. The lowest BCUT2D eigenvalue weighted by molar-refractivity contribution is -0.142. The van der Waals surface area contributed by atoms with Crippen molar-refractivity contribution in [2.75, 3.05) is 6.61 Å². The molecule has 0 spiro atoms. The van der Waals surface area contributed by atoms with Crippen LogP contribution in [-0.2, 0) is 16.1 Å². The molecule has 8 heteroatoms. The van der Waals surface area contributed by atoms with Gasteiger partial charge in [-0.1, -0.05) is 53.7 Å². The Morgan fingerprint density at radius 2 is 1.71 bits per heavy atom. The lowest BCUT2D eigenvalue weighted by atomic mass is 10.1. The van der Waals surface area contributed by atoms with Crippen molar-refractivity contribution in [3.63, 3.8) is 0 Å². The highest BCUT2D eigenvalue weighted by Crippen LogP contribution is 2.24. The molecule has 166 valence electrons. The van der Waals surface area contributed by atoms with E-state index in [4.69, 9.17) is 39.5 Å². The highest BCUT2D eigenvalue weighted by molar-refractivity contribution is 6.35. The van der Waals surface area contributed by atoms with Gasteiger partial charge < -0.3 is 15.0 Å². The number of rotatable bonds is 8. The second-order valence-corrected chi connectivity index (χ2v) is 8.95. The van der Waals surface area contributed by atoms with Crippen molar-refractivity contribution < 1.29 is 14.3 Å². The molecule has 1 fully saturated rings. The van der Waals surface area contributed by atoms with Gasteiger partial charge in [-0.2, -0.15) is 0 Å². The Bertz CT molecular complexity index is 915. The summed E-state index contributed by atoms with van der Waals surface area (Å²) in [6.07, 6.45) is 4.15. The molecule has 1 saturated carbocycles. The van der Waals surface area contributed by atoms with Crippen LogP contribution in [0, 0.1) is 0 Å². The third kappa shape index (κ3) is 6.76. The number of halogens is 3. The molecule has 0 heterocycles. The summed E-state index contributed by atoms with van der Waals surface area (Å²) in [7, 11) is 0. The largest absolute Gasteiger partial charge is 0.484 e. The van der Waals surface area contributed by atoms with E-state index in [9.17, 15) is 9.59 Å². The van der Waals surface area contributed by atoms with Crippen molar-refractivity contribution in [1.29, 1.82) is 0 Å². The Balaban J connectivity index is 1.73. The Kier molecular flexibility index (Phi) is 8.47. The zero-order valence-corrected chi connectivity index (χ0v) is 19.5. The van der Waals surface area contributed by atoms with E-state index < -0.39 is 6.04 Å². The molecule has 0 aromatic heterocycles. The minimum Gasteiger partial charge on any atom is -0.484 e. The van der Waals surface area contributed by atoms with Crippen molar-refractivity contribution in [3.05, 3.63) is 63.1 Å².